The number of aryl methyl sites for hydroxylation is 2. The molecule has 0 heterocycles. The summed E-state index contributed by atoms with van der Waals surface area (Å²) in [5.74, 6) is -0.369. The first-order chi connectivity index (χ1) is 11.0. The van der Waals surface area contributed by atoms with Gasteiger partial charge in [-0.2, -0.15) is 0 Å². The number of carbonyl (C=O) groups is 1. The Balaban J connectivity index is 2.29. The first-order valence-corrected chi connectivity index (χ1v) is 7.15. The molecule has 0 saturated carbocycles. The van der Waals surface area contributed by atoms with Crippen LogP contribution in [-0.2, 0) is 16.2 Å². The van der Waals surface area contributed by atoms with Crippen molar-refractivity contribution in [2.75, 3.05) is 7.11 Å². The Kier molecular flexibility index (Phi) is 5.36. The van der Waals surface area contributed by atoms with Crippen LogP contribution >= 0.6 is 0 Å². The second-order valence-electron chi connectivity index (χ2n) is 5.14. The molecule has 0 aliphatic heterocycles. The predicted octanol–water partition coefficient (Wildman–Crippen LogP) is 3.32. The SMILES string of the molecule is CO/N=C(/C(=O)O)c1ccccc1COc1cc(C)ccc1C. The third kappa shape index (κ3) is 4.10. The van der Waals surface area contributed by atoms with Crippen LogP contribution in [0.4, 0.5) is 0 Å². The van der Waals surface area contributed by atoms with Crippen LogP contribution in [0.3, 0.4) is 0 Å². The zero-order valence-electron chi connectivity index (χ0n) is 13.4. The molecular formula is C18H19NO4. The number of ether oxygens (including phenoxy) is 1. The number of hydrogen-bond donors (Lipinski definition) is 1. The molecule has 2 aromatic carbocycles. The van der Waals surface area contributed by atoms with Crippen molar-refractivity contribution < 1.29 is 19.5 Å². The lowest BCUT2D eigenvalue weighted by molar-refractivity contribution is -0.129. The topological polar surface area (TPSA) is 68.1 Å². The highest BCUT2D eigenvalue weighted by Gasteiger charge is 2.17. The maximum absolute atomic E-state index is 11.4. The number of rotatable bonds is 6. The molecule has 5 nitrogen and oxygen atoms in total. The molecule has 0 unspecified atom stereocenters. The van der Waals surface area contributed by atoms with Crippen molar-refractivity contribution in [2.24, 2.45) is 5.16 Å². The number of carboxylic acid groups (broad SMARTS) is 1. The number of hydrogen-bond acceptors (Lipinski definition) is 4. The van der Waals surface area contributed by atoms with E-state index in [1.807, 2.05) is 44.2 Å². The monoisotopic (exact) mass is 313 g/mol. The van der Waals surface area contributed by atoms with Gasteiger partial charge in [0.05, 0.1) is 0 Å². The highest BCUT2D eigenvalue weighted by atomic mass is 16.6. The maximum atomic E-state index is 11.4. The minimum Gasteiger partial charge on any atom is -0.489 e. The summed E-state index contributed by atoms with van der Waals surface area (Å²) < 4.78 is 5.86. The second-order valence-corrected chi connectivity index (χ2v) is 5.14. The minimum absolute atomic E-state index is 0.146. The molecule has 0 aliphatic carbocycles. The summed E-state index contributed by atoms with van der Waals surface area (Å²) in [6, 6.07) is 13.1. The largest absolute Gasteiger partial charge is 0.489 e. The van der Waals surface area contributed by atoms with Gasteiger partial charge in [0.1, 0.15) is 19.5 Å². The molecule has 1 N–H and O–H groups in total. The van der Waals surface area contributed by atoms with E-state index in [0.717, 1.165) is 22.4 Å². The van der Waals surface area contributed by atoms with Crippen molar-refractivity contribution in [1.82, 2.24) is 0 Å². The summed E-state index contributed by atoms with van der Waals surface area (Å²) in [4.78, 5) is 16.0. The molecule has 0 bridgehead atoms. The molecule has 0 radical (unpaired) electrons. The van der Waals surface area contributed by atoms with Crippen LogP contribution in [0.1, 0.15) is 22.3 Å². The van der Waals surface area contributed by atoms with Crippen LogP contribution in [0.2, 0.25) is 0 Å². The Hall–Kier alpha value is -2.82. The fourth-order valence-corrected chi connectivity index (χ4v) is 2.19. The van der Waals surface area contributed by atoms with Gasteiger partial charge in [0.15, 0.2) is 5.71 Å². The van der Waals surface area contributed by atoms with E-state index in [9.17, 15) is 9.90 Å². The molecular weight excluding hydrogens is 294 g/mol. The second kappa shape index (κ2) is 7.45. The summed E-state index contributed by atoms with van der Waals surface area (Å²) in [5, 5.41) is 12.9. The van der Waals surface area contributed by atoms with E-state index < -0.39 is 5.97 Å². The van der Waals surface area contributed by atoms with E-state index in [0.29, 0.717) is 5.56 Å². The van der Waals surface area contributed by atoms with E-state index in [1.54, 1.807) is 12.1 Å². The fourth-order valence-electron chi connectivity index (χ4n) is 2.19. The molecule has 2 aromatic rings. The van der Waals surface area contributed by atoms with Crippen LogP contribution in [0, 0.1) is 13.8 Å². The van der Waals surface area contributed by atoms with Crippen LogP contribution in [0.15, 0.2) is 47.6 Å². The lowest BCUT2D eigenvalue weighted by atomic mass is 10.0. The van der Waals surface area contributed by atoms with Gasteiger partial charge >= 0.3 is 5.97 Å². The van der Waals surface area contributed by atoms with Gasteiger partial charge in [-0.25, -0.2) is 4.79 Å². The lowest BCUT2D eigenvalue weighted by Crippen LogP contribution is -2.17. The normalized spacial score (nSPS) is 11.2. The Bertz CT molecular complexity index is 738. The molecule has 0 aliphatic rings. The molecule has 0 atom stereocenters. The van der Waals surface area contributed by atoms with Gasteiger partial charge in [0.2, 0.25) is 0 Å². The zero-order chi connectivity index (χ0) is 16.8. The third-order valence-corrected chi connectivity index (χ3v) is 3.38. The molecule has 0 fully saturated rings. The molecule has 0 amide bonds. The summed E-state index contributed by atoms with van der Waals surface area (Å²) >= 11 is 0. The van der Waals surface area contributed by atoms with Crippen molar-refractivity contribution in [1.29, 1.82) is 0 Å². The quantitative estimate of drug-likeness (QED) is 0.656. The first-order valence-electron chi connectivity index (χ1n) is 7.15. The molecule has 5 heteroatoms. The number of carboxylic acids is 1. The average molecular weight is 313 g/mol. The van der Waals surface area contributed by atoms with E-state index in [4.69, 9.17) is 4.74 Å². The summed E-state index contributed by atoms with van der Waals surface area (Å²) in [6.45, 7) is 4.21. The van der Waals surface area contributed by atoms with Gasteiger partial charge in [0.25, 0.3) is 0 Å². The summed E-state index contributed by atoms with van der Waals surface area (Å²) in [5.41, 5.74) is 3.19. The molecule has 120 valence electrons. The Morgan fingerprint density at radius 3 is 2.61 bits per heavy atom. The molecule has 0 saturated heterocycles. The molecule has 0 aromatic heterocycles. The Morgan fingerprint density at radius 2 is 1.91 bits per heavy atom. The smallest absolute Gasteiger partial charge is 0.358 e. The van der Waals surface area contributed by atoms with E-state index >= 15 is 0 Å². The van der Waals surface area contributed by atoms with E-state index in [2.05, 4.69) is 9.99 Å². The third-order valence-electron chi connectivity index (χ3n) is 3.38. The number of aliphatic carboxylic acids is 1. The van der Waals surface area contributed by atoms with Gasteiger partial charge in [-0.1, -0.05) is 41.6 Å². The van der Waals surface area contributed by atoms with E-state index in [1.165, 1.54) is 7.11 Å². The zero-order valence-corrected chi connectivity index (χ0v) is 13.4. The maximum Gasteiger partial charge on any atom is 0.358 e. The van der Waals surface area contributed by atoms with Crippen LogP contribution < -0.4 is 4.74 Å². The van der Waals surface area contributed by atoms with E-state index in [-0.39, 0.29) is 12.3 Å². The lowest BCUT2D eigenvalue weighted by Gasteiger charge is -2.13. The molecule has 23 heavy (non-hydrogen) atoms. The van der Waals surface area contributed by atoms with Crippen LogP contribution in [0.25, 0.3) is 0 Å². The Morgan fingerprint density at radius 1 is 1.17 bits per heavy atom. The summed E-state index contributed by atoms with van der Waals surface area (Å²) in [6.07, 6.45) is 0. The van der Waals surface area contributed by atoms with Crippen molar-refractivity contribution in [3.05, 3.63) is 64.7 Å². The van der Waals surface area contributed by atoms with Crippen molar-refractivity contribution in [3.8, 4) is 5.75 Å². The highest BCUT2D eigenvalue weighted by molar-refractivity contribution is 6.42. The number of oxime groups is 1. The van der Waals surface area contributed by atoms with Gasteiger partial charge < -0.3 is 14.7 Å². The fraction of sp³-hybridized carbons (Fsp3) is 0.222. The van der Waals surface area contributed by atoms with Crippen LogP contribution in [-0.4, -0.2) is 23.9 Å². The Labute approximate surface area is 135 Å². The van der Waals surface area contributed by atoms with Gasteiger partial charge in [-0.3, -0.25) is 0 Å². The standard InChI is InChI=1S/C18H19NO4/c1-12-8-9-13(2)16(10-12)23-11-14-6-4-5-7-15(14)17(18(20)21)19-22-3/h4-10H,11H2,1-3H3,(H,20,21)/b19-17+. The average Bonchev–Trinajstić information content (AvgIpc) is 2.53. The predicted molar refractivity (Wildman–Crippen MR) is 87.9 cm³/mol. The van der Waals surface area contributed by atoms with Crippen molar-refractivity contribution in [2.45, 2.75) is 20.5 Å². The molecule has 0 spiro atoms. The van der Waals surface area contributed by atoms with Gasteiger partial charge in [0, 0.05) is 5.56 Å². The number of benzene rings is 2. The molecule has 2 rings (SSSR count). The van der Waals surface area contributed by atoms with Crippen molar-refractivity contribution >= 4 is 11.7 Å². The first kappa shape index (κ1) is 16.5. The minimum atomic E-state index is -1.15. The van der Waals surface area contributed by atoms with Gasteiger partial charge in [-0.15, -0.1) is 0 Å². The van der Waals surface area contributed by atoms with Crippen molar-refractivity contribution in [3.63, 3.8) is 0 Å². The summed E-state index contributed by atoms with van der Waals surface area (Å²) in [7, 11) is 1.32. The highest BCUT2D eigenvalue weighted by Crippen LogP contribution is 2.21. The number of nitrogens with zero attached hydrogens (tertiary/aromatic N) is 1. The van der Waals surface area contributed by atoms with Gasteiger partial charge in [-0.05, 0) is 36.6 Å². The van der Waals surface area contributed by atoms with Crippen LogP contribution in [0.5, 0.6) is 5.75 Å².